The van der Waals surface area contributed by atoms with Gasteiger partial charge in [-0.2, -0.15) is 0 Å². The van der Waals surface area contributed by atoms with Crippen LogP contribution in [0.5, 0.6) is 11.5 Å². The van der Waals surface area contributed by atoms with Gasteiger partial charge in [0.15, 0.2) is 0 Å². The molecule has 2 N–H and O–H groups in total. The number of nitrogens with one attached hydrogen (secondary N) is 2. The highest BCUT2D eigenvalue weighted by Crippen LogP contribution is 2.32. The van der Waals surface area contributed by atoms with Crippen molar-refractivity contribution in [2.24, 2.45) is 0 Å². The number of urea groups is 1. The summed E-state index contributed by atoms with van der Waals surface area (Å²) in [7, 11) is 1.55. The van der Waals surface area contributed by atoms with Crippen molar-refractivity contribution < 1.29 is 14.3 Å². The Balaban J connectivity index is 2.03. The number of rotatable bonds is 5. The van der Waals surface area contributed by atoms with Crippen molar-refractivity contribution in [3.8, 4) is 11.5 Å². The zero-order valence-electron chi connectivity index (χ0n) is 12.6. The first-order valence-corrected chi connectivity index (χ1v) is 8.02. The third-order valence-corrected chi connectivity index (χ3v) is 3.50. The van der Waals surface area contributed by atoms with E-state index in [0.717, 1.165) is 0 Å². The molecule has 0 aliphatic carbocycles. The van der Waals surface area contributed by atoms with Gasteiger partial charge in [-0.3, -0.25) is 5.32 Å². The van der Waals surface area contributed by atoms with Crippen molar-refractivity contribution in [3.05, 3.63) is 54.6 Å². The van der Waals surface area contributed by atoms with Crippen LogP contribution in [0, 0.1) is 0 Å². The van der Waals surface area contributed by atoms with Crippen LogP contribution in [-0.4, -0.2) is 23.2 Å². The molecule has 24 heavy (non-hydrogen) atoms. The molecular weight excluding hydrogens is 375 g/mol. The van der Waals surface area contributed by atoms with Gasteiger partial charge >= 0.3 is 6.03 Å². The Morgan fingerprint density at radius 3 is 2.12 bits per heavy atom. The van der Waals surface area contributed by atoms with Crippen molar-refractivity contribution in [2.45, 2.75) is 10.0 Å². The molecule has 0 spiro atoms. The topological polar surface area (TPSA) is 59.6 Å². The third kappa shape index (κ3) is 5.67. The van der Waals surface area contributed by atoms with E-state index in [1.807, 2.05) is 6.07 Å². The van der Waals surface area contributed by atoms with Gasteiger partial charge in [-0.15, -0.1) is 0 Å². The number of benzene rings is 2. The molecule has 0 aliphatic rings. The summed E-state index contributed by atoms with van der Waals surface area (Å²) in [6.07, 6.45) is -1.19. The van der Waals surface area contributed by atoms with E-state index in [2.05, 4.69) is 10.6 Å². The van der Waals surface area contributed by atoms with Crippen LogP contribution in [0.1, 0.15) is 0 Å². The van der Waals surface area contributed by atoms with Crippen LogP contribution in [0.3, 0.4) is 0 Å². The Morgan fingerprint density at radius 2 is 1.58 bits per heavy atom. The smallest absolute Gasteiger partial charge is 0.322 e. The number of anilines is 1. The van der Waals surface area contributed by atoms with Crippen molar-refractivity contribution >= 4 is 46.5 Å². The molecular formula is C16H15Cl3N2O3. The second kappa shape index (κ2) is 8.33. The fourth-order valence-electron chi connectivity index (χ4n) is 1.78. The lowest BCUT2D eigenvalue weighted by atomic mass is 10.3. The van der Waals surface area contributed by atoms with Gasteiger partial charge in [0, 0.05) is 5.69 Å². The molecule has 2 amide bonds. The van der Waals surface area contributed by atoms with E-state index in [-0.39, 0.29) is 0 Å². The first kappa shape index (κ1) is 18.5. The predicted octanol–water partition coefficient (Wildman–Crippen LogP) is 4.59. The highest BCUT2D eigenvalue weighted by atomic mass is 35.6. The van der Waals surface area contributed by atoms with E-state index in [1.54, 1.807) is 55.6 Å². The number of halogens is 3. The fraction of sp³-hybridized carbons (Fsp3) is 0.188. The minimum absolute atomic E-state index is 0.409. The summed E-state index contributed by atoms with van der Waals surface area (Å²) >= 11 is 17.7. The molecule has 8 heteroatoms. The Kier molecular flexibility index (Phi) is 6.43. The minimum atomic E-state index is -1.87. The number of carbonyl (C=O) groups is 1. The molecule has 0 saturated heterocycles. The average molecular weight is 390 g/mol. The van der Waals surface area contributed by atoms with Gasteiger partial charge in [0.1, 0.15) is 11.5 Å². The second-order valence-electron chi connectivity index (χ2n) is 4.68. The molecule has 2 rings (SSSR count). The lowest BCUT2D eigenvalue weighted by Crippen LogP contribution is -2.49. The molecule has 2 aromatic carbocycles. The van der Waals surface area contributed by atoms with Gasteiger partial charge in [0.2, 0.25) is 10.0 Å². The molecule has 2 aromatic rings. The highest BCUT2D eigenvalue weighted by Gasteiger charge is 2.36. The van der Waals surface area contributed by atoms with Crippen LogP contribution in [-0.2, 0) is 0 Å². The molecule has 0 unspecified atom stereocenters. The molecule has 0 fully saturated rings. The third-order valence-electron chi connectivity index (χ3n) is 2.90. The minimum Gasteiger partial charge on any atom is -0.497 e. The summed E-state index contributed by atoms with van der Waals surface area (Å²) in [5.41, 5.74) is 0.600. The number of hydrogen-bond donors (Lipinski definition) is 2. The van der Waals surface area contributed by atoms with E-state index >= 15 is 0 Å². The number of para-hydroxylation sites is 1. The van der Waals surface area contributed by atoms with E-state index in [1.165, 1.54) is 0 Å². The lowest BCUT2D eigenvalue weighted by Gasteiger charge is -2.26. The number of ether oxygens (including phenoxy) is 2. The van der Waals surface area contributed by atoms with Crippen LogP contribution in [0.2, 0.25) is 0 Å². The standard InChI is InChI=1S/C16H15Cl3N2O3/c1-23-12-7-9-13(10-8-12)24-14(16(17,18)19)21-15(22)20-11-5-3-2-4-6-11/h2-10,14H,1H3,(H2,20,21,22)/t14-/m0/s1. The van der Waals surface area contributed by atoms with Crippen molar-refractivity contribution in [1.82, 2.24) is 5.32 Å². The molecule has 0 saturated carbocycles. The summed E-state index contributed by atoms with van der Waals surface area (Å²) in [6.45, 7) is 0. The molecule has 0 aromatic heterocycles. The van der Waals surface area contributed by atoms with Crippen molar-refractivity contribution in [3.63, 3.8) is 0 Å². The molecule has 1 atom stereocenters. The molecule has 0 heterocycles. The lowest BCUT2D eigenvalue weighted by molar-refractivity contribution is 0.170. The van der Waals surface area contributed by atoms with Crippen LogP contribution >= 0.6 is 34.8 Å². The number of carbonyl (C=O) groups excluding carboxylic acids is 1. The molecule has 0 aliphatic heterocycles. The molecule has 128 valence electrons. The second-order valence-corrected chi connectivity index (χ2v) is 7.05. The monoisotopic (exact) mass is 388 g/mol. The number of alkyl halides is 3. The summed E-state index contributed by atoms with van der Waals surface area (Å²) < 4.78 is 8.76. The van der Waals surface area contributed by atoms with Gasteiger partial charge in [-0.05, 0) is 36.4 Å². The quantitative estimate of drug-likeness (QED) is 0.581. The molecule has 0 bridgehead atoms. The summed E-state index contributed by atoms with van der Waals surface area (Å²) in [5, 5.41) is 5.11. The maximum atomic E-state index is 12.1. The number of amides is 2. The van der Waals surface area contributed by atoms with Crippen LogP contribution in [0.25, 0.3) is 0 Å². The van der Waals surface area contributed by atoms with Crippen molar-refractivity contribution in [1.29, 1.82) is 0 Å². The Bertz CT molecular complexity index is 661. The van der Waals surface area contributed by atoms with Crippen molar-refractivity contribution in [2.75, 3.05) is 12.4 Å². The van der Waals surface area contributed by atoms with E-state index in [9.17, 15) is 4.79 Å². The van der Waals surface area contributed by atoms with E-state index < -0.39 is 16.1 Å². The van der Waals surface area contributed by atoms with Crippen LogP contribution in [0.15, 0.2) is 54.6 Å². The van der Waals surface area contributed by atoms with E-state index in [0.29, 0.717) is 17.2 Å². The maximum absolute atomic E-state index is 12.1. The summed E-state index contributed by atoms with van der Waals surface area (Å²) in [4.78, 5) is 12.1. The molecule has 0 radical (unpaired) electrons. The normalized spacial score (nSPS) is 12.2. The summed E-state index contributed by atoms with van der Waals surface area (Å²) in [6, 6.07) is 15.0. The zero-order chi connectivity index (χ0) is 17.6. The Hall–Kier alpha value is -1.82. The van der Waals surface area contributed by atoms with Crippen LogP contribution in [0.4, 0.5) is 10.5 Å². The van der Waals surface area contributed by atoms with E-state index in [4.69, 9.17) is 44.3 Å². The SMILES string of the molecule is COc1ccc(O[C@H](NC(=O)Nc2ccccc2)C(Cl)(Cl)Cl)cc1. The zero-order valence-corrected chi connectivity index (χ0v) is 14.9. The maximum Gasteiger partial charge on any atom is 0.322 e. The predicted molar refractivity (Wildman–Crippen MR) is 96.3 cm³/mol. The summed E-state index contributed by atoms with van der Waals surface area (Å²) in [5.74, 6) is 1.06. The Labute approximate surface area is 154 Å². The first-order valence-electron chi connectivity index (χ1n) is 6.88. The first-order chi connectivity index (χ1) is 11.4. The molecule has 5 nitrogen and oxygen atoms in total. The average Bonchev–Trinajstić information content (AvgIpc) is 2.55. The highest BCUT2D eigenvalue weighted by molar-refractivity contribution is 6.68. The van der Waals surface area contributed by atoms with Crippen LogP contribution < -0.4 is 20.1 Å². The fourth-order valence-corrected chi connectivity index (χ4v) is 2.07. The number of hydrogen-bond acceptors (Lipinski definition) is 3. The Morgan fingerprint density at radius 1 is 1.00 bits per heavy atom. The number of methoxy groups -OCH3 is 1. The van der Waals surface area contributed by atoms with Gasteiger partial charge in [0.05, 0.1) is 7.11 Å². The van der Waals surface area contributed by atoms with Gasteiger partial charge in [-0.25, -0.2) is 4.79 Å². The van der Waals surface area contributed by atoms with Gasteiger partial charge in [0.25, 0.3) is 0 Å². The van der Waals surface area contributed by atoms with Gasteiger partial charge < -0.3 is 14.8 Å². The van der Waals surface area contributed by atoms with Gasteiger partial charge in [-0.1, -0.05) is 53.0 Å². The largest absolute Gasteiger partial charge is 0.497 e.